The van der Waals surface area contributed by atoms with Gasteiger partial charge in [0.1, 0.15) is 12.3 Å². The Morgan fingerprint density at radius 1 is 1.10 bits per heavy atom. The summed E-state index contributed by atoms with van der Waals surface area (Å²) in [5.41, 5.74) is 2.58. The molecule has 0 radical (unpaired) electrons. The Kier molecular flexibility index (Phi) is 5.28. The number of nitrogens with zero attached hydrogens (tertiary/aromatic N) is 1. The fourth-order valence-electron chi connectivity index (χ4n) is 3.55. The van der Waals surface area contributed by atoms with Crippen LogP contribution in [-0.4, -0.2) is 38.6 Å². The number of carbonyl (C=O) groups excluding carboxylic acids is 2. The summed E-state index contributed by atoms with van der Waals surface area (Å²) in [5.74, 6) is -1.20. The Morgan fingerprint density at radius 3 is 2.58 bits per heavy atom. The average Bonchev–Trinajstić information content (AvgIpc) is 2.99. The molecule has 3 aromatic rings. The predicted molar refractivity (Wildman–Crippen MR) is 116 cm³/mol. The highest BCUT2D eigenvalue weighted by molar-refractivity contribution is 7.92. The summed E-state index contributed by atoms with van der Waals surface area (Å²) in [6, 6.07) is 16.1. The lowest BCUT2D eigenvalue weighted by Crippen LogP contribution is -2.29. The number of hydrogen-bond acceptors (Lipinski definition) is 6. The van der Waals surface area contributed by atoms with E-state index in [4.69, 9.17) is 4.74 Å². The maximum Gasteiger partial charge on any atom is 0.326 e. The first kappa shape index (κ1) is 20.7. The van der Waals surface area contributed by atoms with Crippen LogP contribution >= 0.6 is 0 Å². The molecule has 0 bridgehead atoms. The van der Waals surface area contributed by atoms with Crippen LogP contribution in [0.5, 0.6) is 5.75 Å². The van der Waals surface area contributed by atoms with Gasteiger partial charge in [-0.1, -0.05) is 36.4 Å². The molecule has 31 heavy (non-hydrogen) atoms. The van der Waals surface area contributed by atoms with Gasteiger partial charge in [-0.15, -0.1) is 0 Å². The molecular weight excluding hydrogens is 420 g/mol. The van der Waals surface area contributed by atoms with Gasteiger partial charge in [-0.3, -0.25) is 9.59 Å². The highest BCUT2D eigenvalue weighted by Crippen LogP contribution is 2.36. The van der Waals surface area contributed by atoms with E-state index in [1.165, 1.54) is 12.1 Å². The van der Waals surface area contributed by atoms with Crippen molar-refractivity contribution in [3.8, 4) is 16.9 Å². The minimum absolute atomic E-state index is 0.0269. The van der Waals surface area contributed by atoms with Crippen molar-refractivity contribution < 1.29 is 27.9 Å². The van der Waals surface area contributed by atoms with Crippen LogP contribution in [0.1, 0.15) is 12.5 Å². The number of phenolic OH excluding ortho intramolecular Hbond substituents is 1. The largest absolute Gasteiger partial charge is 0.506 e. The molecule has 0 saturated carbocycles. The van der Waals surface area contributed by atoms with E-state index >= 15 is 0 Å². The van der Waals surface area contributed by atoms with E-state index in [1.54, 1.807) is 6.92 Å². The Bertz CT molecular complexity index is 1300. The quantitative estimate of drug-likeness (QED) is 0.590. The molecule has 0 aromatic heterocycles. The van der Waals surface area contributed by atoms with Crippen molar-refractivity contribution in [3.05, 3.63) is 60.2 Å². The molecule has 2 N–H and O–H groups in total. The van der Waals surface area contributed by atoms with Gasteiger partial charge in [0.05, 0.1) is 18.7 Å². The molecule has 3 aromatic carbocycles. The summed E-state index contributed by atoms with van der Waals surface area (Å²) < 4.78 is 32.1. The number of benzene rings is 3. The summed E-state index contributed by atoms with van der Waals surface area (Å²) in [7, 11) is -4.03. The number of phenols is 1. The van der Waals surface area contributed by atoms with Crippen LogP contribution in [0.3, 0.4) is 0 Å². The third kappa shape index (κ3) is 4.17. The van der Waals surface area contributed by atoms with Crippen LogP contribution in [0.25, 0.3) is 21.9 Å². The first-order chi connectivity index (χ1) is 14.8. The van der Waals surface area contributed by atoms with E-state index < -0.39 is 22.7 Å². The molecule has 160 valence electrons. The number of rotatable bonds is 5. The van der Waals surface area contributed by atoms with E-state index in [1.807, 2.05) is 47.2 Å². The smallest absolute Gasteiger partial charge is 0.326 e. The Hall–Kier alpha value is -3.59. The van der Waals surface area contributed by atoms with Gasteiger partial charge in [0.15, 0.2) is 0 Å². The van der Waals surface area contributed by atoms with E-state index in [0.717, 1.165) is 21.0 Å². The van der Waals surface area contributed by atoms with Crippen LogP contribution in [0.4, 0.5) is 5.69 Å². The molecule has 0 atom stereocenters. The minimum atomic E-state index is -4.03. The second-order valence-electron chi connectivity index (χ2n) is 7.12. The maximum atomic E-state index is 12.2. The summed E-state index contributed by atoms with van der Waals surface area (Å²) in [6.07, 6.45) is 0.168. The van der Waals surface area contributed by atoms with Crippen LogP contribution in [0.15, 0.2) is 54.6 Å². The van der Waals surface area contributed by atoms with Crippen molar-refractivity contribution in [3.63, 3.8) is 0 Å². The lowest BCUT2D eigenvalue weighted by Gasteiger charge is -2.17. The van der Waals surface area contributed by atoms with Crippen molar-refractivity contribution in [2.45, 2.75) is 13.3 Å². The van der Waals surface area contributed by atoms with E-state index in [-0.39, 0.29) is 23.8 Å². The number of fused-ring (bicyclic) bond motifs is 1. The van der Waals surface area contributed by atoms with Crippen molar-refractivity contribution in [1.82, 2.24) is 4.72 Å². The van der Waals surface area contributed by atoms with Gasteiger partial charge < -0.3 is 9.84 Å². The molecule has 0 unspecified atom stereocenters. The molecule has 1 aliphatic rings. The van der Waals surface area contributed by atoms with E-state index in [9.17, 15) is 23.1 Å². The highest BCUT2D eigenvalue weighted by Gasteiger charge is 2.35. The SMILES string of the molecule is CCOC(=O)Cc1cccc(-c2ccc3cc(O)c(N4CC(=O)NS4(=O)=O)cc3c2)c1. The van der Waals surface area contributed by atoms with Gasteiger partial charge in [0, 0.05) is 0 Å². The molecule has 4 rings (SSSR count). The third-order valence-corrected chi connectivity index (χ3v) is 6.33. The zero-order valence-electron chi connectivity index (χ0n) is 16.7. The molecule has 1 heterocycles. The topological polar surface area (TPSA) is 113 Å². The molecule has 9 heteroatoms. The van der Waals surface area contributed by atoms with Crippen LogP contribution in [0, 0.1) is 0 Å². The normalized spacial score (nSPS) is 15.1. The summed E-state index contributed by atoms with van der Waals surface area (Å²) in [5, 5.41) is 11.8. The average molecular weight is 440 g/mol. The molecule has 1 amide bonds. The van der Waals surface area contributed by atoms with Gasteiger partial charge in [-0.25, -0.2) is 9.03 Å². The number of aromatic hydroxyl groups is 1. The van der Waals surface area contributed by atoms with Gasteiger partial charge in [0.25, 0.3) is 5.91 Å². The van der Waals surface area contributed by atoms with Crippen molar-refractivity contribution in [2.75, 3.05) is 17.5 Å². The monoisotopic (exact) mass is 440 g/mol. The lowest BCUT2D eigenvalue weighted by atomic mass is 9.98. The summed E-state index contributed by atoms with van der Waals surface area (Å²) in [4.78, 5) is 23.3. The number of anilines is 1. The Labute approximate surface area is 179 Å². The molecule has 1 saturated heterocycles. The molecule has 1 fully saturated rings. The minimum Gasteiger partial charge on any atom is -0.506 e. The van der Waals surface area contributed by atoms with Crippen LogP contribution in [-0.2, 0) is 31.0 Å². The van der Waals surface area contributed by atoms with Gasteiger partial charge >= 0.3 is 16.2 Å². The fourth-order valence-corrected chi connectivity index (χ4v) is 4.71. The van der Waals surface area contributed by atoms with Crippen molar-refractivity contribution in [2.24, 2.45) is 0 Å². The fraction of sp³-hybridized carbons (Fsp3) is 0.182. The lowest BCUT2D eigenvalue weighted by molar-refractivity contribution is -0.142. The Morgan fingerprint density at radius 2 is 1.87 bits per heavy atom. The maximum absolute atomic E-state index is 12.2. The zero-order chi connectivity index (χ0) is 22.2. The summed E-state index contributed by atoms with van der Waals surface area (Å²) in [6.45, 7) is 1.69. The number of ether oxygens (including phenoxy) is 1. The zero-order valence-corrected chi connectivity index (χ0v) is 17.5. The number of carbonyl (C=O) groups is 2. The van der Waals surface area contributed by atoms with Gasteiger partial charge in [-0.05, 0) is 52.6 Å². The second kappa shape index (κ2) is 7.92. The predicted octanol–water partition coefficient (Wildman–Crippen LogP) is 2.50. The Balaban J connectivity index is 1.72. The van der Waals surface area contributed by atoms with Crippen LogP contribution in [0.2, 0.25) is 0 Å². The van der Waals surface area contributed by atoms with E-state index in [2.05, 4.69) is 0 Å². The first-order valence-corrected chi connectivity index (χ1v) is 11.1. The van der Waals surface area contributed by atoms with Crippen LogP contribution < -0.4 is 9.03 Å². The molecule has 0 spiro atoms. The molecule has 0 aliphatic carbocycles. The number of nitrogens with one attached hydrogen (secondary N) is 1. The summed E-state index contributed by atoms with van der Waals surface area (Å²) >= 11 is 0. The first-order valence-electron chi connectivity index (χ1n) is 9.62. The third-order valence-electron chi connectivity index (χ3n) is 4.94. The molecule has 8 nitrogen and oxygen atoms in total. The van der Waals surface area contributed by atoms with E-state index in [0.29, 0.717) is 17.4 Å². The van der Waals surface area contributed by atoms with Crippen molar-refractivity contribution in [1.29, 1.82) is 0 Å². The van der Waals surface area contributed by atoms with Crippen molar-refractivity contribution >= 4 is 38.5 Å². The number of esters is 1. The standard InChI is InChI=1S/C22H20N2O6S/c1-2-30-22(27)9-14-4-3-5-15(8-14)16-6-7-17-12-20(25)19(11-18(17)10-16)24-13-21(26)23-31(24,28)29/h3-8,10-12,25H,2,9,13H2,1H3,(H,23,26). The number of hydrogen-bond donors (Lipinski definition) is 2. The molecule has 1 aliphatic heterocycles. The molecular formula is C22H20N2O6S. The second-order valence-corrected chi connectivity index (χ2v) is 8.72. The van der Waals surface area contributed by atoms with Gasteiger partial charge in [-0.2, -0.15) is 8.42 Å². The highest BCUT2D eigenvalue weighted by atomic mass is 32.2. The number of amides is 1. The van der Waals surface area contributed by atoms with Gasteiger partial charge in [0.2, 0.25) is 0 Å².